The van der Waals surface area contributed by atoms with Crippen LogP contribution in [0.3, 0.4) is 0 Å². The van der Waals surface area contributed by atoms with Crippen LogP contribution in [0.4, 0.5) is 0 Å². The molecule has 0 unspecified atom stereocenters. The topological polar surface area (TPSA) is 60.4 Å². The van der Waals surface area contributed by atoms with E-state index < -0.39 is 15.0 Å². The number of benzene rings is 1. The predicted molar refractivity (Wildman–Crippen MR) is 78.6 cm³/mol. The van der Waals surface area contributed by atoms with E-state index >= 15 is 0 Å². The Morgan fingerprint density at radius 3 is 2.40 bits per heavy atom. The molecule has 0 aliphatic heterocycles. The molecule has 0 amide bonds. The van der Waals surface area contributed by atoms with Crippen LogP contribution in [0.5, 0.6) is 0 Å². The van der Waals surface area contributed by atoms with Crippen molar-refractivity contribution in [2.75, 3.05) is 6.61 Å². The summed E-state index contributed by atoms with van der Waals surface area (Å²) in [6, 6.07) is 4.31. The second-order valence-corrected chi connectivity index (χ2v) is 8.40. The van der Waals surface area contributed by atoms with E-state index in [0.717, 1.165) is 6.42 Å². The van der Waals surface area contributed by atoms with Crippen molar-refractivity contribution in [1.29, 1.82) is 0 Å². The Morgan fingerprint density at radius 2 is 1.90 bits per heavy atom. The van der Waals surface area contributed by atoms with Gasteiger partial charge in [0.2, 0.25) is 0 Å². The normalized spacial score (nSPS) is 12.2. The molecule has 1 rings (SSSR count). The first-order valence-corrected chi connectivity index (χ1v) is 8.54. The Bertz CT molecular complexity index is 600. The molecule has 0 saturated carbocycles. The maximum atomic E-state index is 11.9. The van der Waals surface area contributed by atoms with Gasteiger partial charge in [-0.25, -0.2) is 13.2 Å². The van der Waals surface area contributed by atoms with Gasteiger partial charge < -0.3 is 4.74 Å². The van der Waals surface area contributed by atoms with Gasteiger partial charge in [-0.15, -0.1) is 0 Å². The number of rotatable bonds is 4. The summed E-state index contributed by atoms with van der Waals surface area (Å²) in [7, 11) is 1.46. The molecule has 0 aromatic heterocycles. The van der Waals surface area contributed by atoms with Crippen LogP contribution in [0.25, 0.3) is 0 Å². The third-order valence-corrected chi connectivity index (χ3v) is 4.24. The summed E-state index contributed by atoms with van der Waals surface area (Å²) in [6.45, 7) is 8.05. The molecule has 0 bridgehead atoms. The lowest BCUT2D eigenvalue weighted by atomic mass is 9.93. The zero-order valence-electron chi connectivity index (χ0n) is 12.1. The fourth-order valence-corrected chi connectivity index (χ4v) is 2.74. The minimum absolute atomic E-state index is 0.0653. The van der Waals surface area contributed by atoms with E-state index in [1.54, 1.807) is 6.92 Å². The van der Waals surface area contributed by atoms with Gasteiger partial charge in [0.05, 0.1) is 17.1 Å². The molecule has 1 aromatic carbocycles. The molecular formula is C14H19ClO4S. The Labute approximate surface area is 124 Å². The lowest BCUT2D eigenvalue weighted by molar-refractivity contribution is 0.0464. The first kappa shape index (κ1) is 17.0. The molecule has 0 spiro atoms. The summed E-state index contributed by atoms with van der Waals surface area (Å²) in [6.07, 6.45) is 0.727. The summed E-state index contributed by atoms with van der Waals surface area (Å²) in [5, 5.41) is 0. The number of aryl methyl sites for hydroxylation is 1. The summed E-state index contributed by atoms with van der Waals surface area (Å²) in [5.41, 5.74) is 0.744. The average molecular weight is 319 g/mol. The summed E-state index contributed by atoms with van der Waals surface area (Å²) in [5.74, 6) is -0.546. The van der Waals surface area contributed by atoms with Crippen LogP contribution in [0.2, 0.25) is 0 Å². The molecule has 6 heteroatoms. The minimum Gasteiger partial charge on any atom is -0.462 e. The van der Waals surface area contributed by atoms with Crippen molar-refractivity contribution in [3.05, 3.63) is 29.3 Å². The lowest BCUT2D eigenvalue weighted by Gasteiger charge is -2.17. The smallest absolute Gasteiger partial charge is 0.338 e. The number of carbonyl (C=O) groups is 1. The van der Waals surface area contributed by atoms with Gasteiger partial charge in [0.25, 0.3) is 9.05 Å². The number of ether oxygens (including phenoxy) is 1. The van der Waals surface area contributed by atoms with E-state index in [0.29, 0.717) is 12.2 Å². The first-order valence-electron chi connectivity index (χ1n) is 6.23. The number of hydrogen-bond donors (Lipinski definition) is 0. The van der Waals surface area contributed by atoms with E-state index in [9.17, 15) is 13.2 Å². The SMILES string of the molecule is Cc1ccc(C(=O)OCCC(C)(C)C)cc1S(=O)(=O)Cl. The molecule has 0 heterocycles. The third kappa shape index (κ3) is 5.13. The van der Waals surface area contributed by atoms with Crippen LogP contribution in [0.15, 0.2) is 23.1 Å². The van der Waals surface area contributed by atoms with Crippen LogP contribution < -0.4 is 0 Å². The fraction of sp³-hybridized carbons (Fsp3) is 0.500. The highest BCUT2D eigenvalue weighted by Gasteiger charge is 2.18. The second kappa shape index (κ2) is 6.14. The van der Waals surface area contributed by atoms with E-state index in [2.05, 4.69) is 0 Å². The van der Waals surface area contributed by atoms with Gasteiger partial charge >= 0.3 is 5.97 Å². The fourth-order valence-electron chi connectivity index (χ4n) is 1.52. The monoisotopic (exact) mass is 318 g/mol. The highest BCUT2D eigenvalue weighted by molar-refractivity contribution is 8.13. The standard InChI is InChI=1S/C14H19ClO4S/c1-10-5-6-11(9-12(10)20(15,17)18)13(16)19-8-7-14(2,3)4/h5-6,9H,7-8H2,1-4H3. The Balaban J connectivity index is 2.85. The Hall–Kier alpha value is -1.07. The van der Waals surface area contributed by atoms with Gasteiger partial charge in [-0.3, -0.25) is 0 Å². The maximum Gasteiger partial charge on any atom is 0.338 e. The number of esters is 1. The third-order valence-electron chi connectivity index (χ3n) is 2.77. The van der Waals surface area contributed by atoms with Crippen molar-refractivity contribution in [3.8, 4) is 0 Å². The van der Waals surface area contributed by atoms with Crippen molar-refractivity contribution in [2.45, 2.75) is 39.0 Å². The molecule has 0 aliphatic rings. The van der Waals surface area contributed by atoms with Crippen molar-refractivity contribution in [1.82, 2.24) is 0 Å². The van der Waals surface area contributed by atoms with Gasteiger partial charge in [0, 0.05) is 10.7 Å². The largest absolute Gasteiger partial charge is 0.462 e. The van der Waals surface area contributed by atoms with Gasteiger partial charge in [-0.1, -0.05) is 26.8 Å². The maximum absolute atomic E-state index is 11.9. The molecule has 0 aliphatic carbocycles. The predicted octanol–water partition coefficient (Wildman–Crippen LogP) is 3.52. The van der Waals surface area contributed by atoms with E-state index in [1.807, 2.05) is 20.8 Å². The molecule has 0 fully saturated rings. The molecule has 4 nitrogen and oxygen atoms in total. The summed E-state index contributed by atoms with van der Waals surface area (Å²) < 4.78 is 27.9. The van der Waals surface area contributed by atoms with Crippen molar-refractivity contribution >= 4 is 25.7 Å². The van der Waals surface area contributed by atoms with Crippen molar-refractivity contribution in [3.63, 3.8) is 0 Å². The highest BCUT2D eigenvalue weighted by atomic mass is 35.7. The molecule has 1 aromatic rings. The zero-order chi connectivity index (χ0) is 15.6. The van der Waals surface area contributed by atoms with Crippen LogP contribution in [-0.4, -0.2) is 21.0 Å². The highest BCUT2D eigenvalue weighted by Crippen LogP contribution is 2.22. The molecule has 0 saturated heterocycles. The van der Waals surface area contributed by atoms with Crippen molar-refractivity contribution < 1.29 is 17.9 Å². The molecule has 20 heavy (non-hydrogen) atoms. The van der Waals surface area contributed by atoms with Crippen LogP contribution in [0, 0.1) is 12.3 Å². The van der Waals surface area contributed by atoms with Gasteiger partial charge in [-0.05, 0) is 36.5 Å². The molecule has 112 valence electrons. The van der Waals surface area contributed by atoms with Crippen LogP contribution >= 0.6 is 10.7 Å². The molecule has 0 N–H and O–H groups in total. The second-order valence-electron chi connectivity index (χ2n) is 5.86. The van der Waals surface area contributed by atoms with Gasteiger partial charge in [0.1, 0.15) is 0 Å². The van der Waals surface area contributed by atoms with E-state index in [4.69, 9.17) is 15.4 Å². The first-order chi connectivity index (χ1) is 9.00. The van der Waals surface area contributed by atoms with Crippen LogP contribution in [-0.2, 0) is 13.8 Å². The summed E-state index contributed by atoms with van der Waals surface area (Å²) in [4.78, 5) is 11.8. The molecule has 0 radical (unpaired) electrons. The number of halogens is 1. The lowest BCUT2D eigenvalue weighted by Crippen LogP contribution is -2.13. The molecular weight excluding hydrogens is 300 g/mol. The van der Waals surface area contributed by atoms with Crippen LogP contribution in [0.1, 0.15) is 43.1 Å². The van der Waals surface area contributed by atoms with E-state index in [-0.39, 0.29) is 15.9 Å². The summed E-state index contributed by atoms with van der Waals surface area (Å²) >= 11 is 0. The van der Waals surface area contributed by atoms with E-state index in [1.165, 1.54) is 18.2 Å². The number of hydrogen-bond acceptors (Lipinski definition) is 4. The minimum atomic E-state index is -3.87. The Kier molecular flexibility index (Phi) is 5.21. The zero-order valence-corrected chi connectivity index (χ0v) is 13.6. The van der Waals surface area contributed by atoms with Crippen molar-refractivity contribution in [2.24, 2.45) is 5.41 Å². The average Bonchev–Trinajstić information content (AvgIpc) is 2.26. The number of carbonyl (C=O) groups excluding carboxylic acids is 1. The van der Waals surface area contributed by atoms with Gasteiger partial charge in [-0.2, -0.15) is 0 Å². The van der Waals surface area contributed by atoms with Gasteiger partial charge in [0.15, 0.2) is 0 Å². The molecule has 0 atom stereocenters. The Morgan fingerprint density at radius 1 is 1.30 bits per heavy atom. The quantitative estimate of drug-likeness (QED) is 0.629.